The maximum atomic E-state index is 12.0. The molecule has 0 fully saturated rings. The minimum Gasteiger partial charge on any atom is -0.465 e. The first-order valence-electron chi connectivity index (χ1n) is 7.50. The zero-order chi connectivity index (χ0) is 18.2. The van der Waals surface area contributed by atoms with Crippen molar-refractivity contribution in [1.82, 2.24) is 5.32 Å². The second-order valence-electron chi connectivity index (χ2n) is 5.07. The number of hydrogen-bond donors (Lipinski definition) is 2. The van der Waals surface area contributed by atoms with E-state index in [4.69, 9.17) is 11.6 Å². The van der Waals surface area contributed by atoms with Crippen LogP contribution >= 0.6 is 22.9 Å². The van der Waals surface area contributed by atoms with Crippen molar-refractivity contribution >= 4 is 46.4 Å². The van der Waals surface area contributed by atoms with Crippen molar-refractivity contribution in [3.8, 4) is 0 Å². The van der Waals surface area contributed by atoms with E-state index in [0.29, 0.717) is 34.1 Å². The Bertz CT molecular complexity index is 762. The number of rotatable bonds is 7. The van der Waals surface area contributed by atoms with Gasteiger partial charge in [0.15, 0.2) is 0 Å². The summed E-state index contributed by atoms with van der Waals surface area (Å²) in [6.07, 6.45) is 0.695. The number of halogens is 1. The molecule has 2 amide bonds. The monoisotopic (exact) mass is 380 g/mol. The van der Waals surface area contributed by atoms with Crippen molar-refractivity contribution in [3.63, 3.8) is 0 Å². The molecular formula is C17H17ClN2O4S. The highest BCUT2D eigenvalue weighted by Gasteiger charge is 2.11. The van der Waals surface area contributed by atoms with Crippen molar-refractivity contribution in [1.29, 1.82) is 0 Å². The van der Waals surface area contributed by atoms with Gasteiger partial charge in [0.1, 0.15) is 0 Å². The highest BCUT2D eigenvalue weighted by atomic mass is 35.5. The van der Waals surface area contributed by atoms with E-state index in [0.717, 1.165) is 0 Å². The van der Waals surface area contributed by atoms with Crippen LogP contribution in [0.15, 0.2) is 35.7 Å². The maximum absolute atomic E-state index is 12.0. The molecule has 2 N–H and O–H groups in total. The first-order valence-corrected chi connectivity index (χ1v) is 8.76. The van der Waals surface area contributed by atoms with Crippen molar-refractivity contribution < 1.29 is 19.1 Å². The van der Waals surface area contributed by atoms with Crippen LogP contribution in [0, 0.1) is 0 Å². The second kappa shape index (κ2) is 9.19. The number of amides is 2. The molecule has 0 bridgehead atoms. The fraction of sp³-hybridized carbons (Fsp3) is 0.235. The van der Waals surface area contributed by atoms with Gasteiger partial charge in [-0.3, -0.25) is 9.59 Å². The lowest BCUT2D eigenvalue weighted by Gasteiger charge is -2.09. The molecule has 6 nitrogen and oxygen atoms in total. The number of benzene rings is 1. The number of esters is 1. The Morgan fingerprint density at radius 1 is 1.24 bits per heavy atom. The van der Waals surface area contributed by atoms with Gasteiger partial charge in [-0.15, -0.1) is 11.3 Å². The van der Waals surface area contributed by atoms with Gasteiger partial charge in [0.25, 0.3) is 5.91 Å². The van der Waals surface area contributed by atoms with Gasteiger partial charge >= 0.3 is 5.97 Å². The molecule has 1 heterocycles. The van der Waals surface area contributed by atoms with E-state index >= 15 is 0 Å². The zero-order valence-electron chi connectivity index (χ0n) is 13.5. The summed E-state index contributed by atoms with van der Waals surface area (Å²) < 4.78 is 4.63. The Morgan fingerprint density at radius 3 is 2.72 bits per heavy atom. The third-order valence-corrected chi connectivity index (χ3v) is 4.47. The average molecular weight is 381 g/mol. The third kappa shape index (κ3) is 5.58. The van der Waals surface area contributed by atoms with Crippen LogP contribution in [-0.2, 0) is 9.53 Å². The van der Waals surface area contributed by atoms with Crippen LogP contribution in [0.2, 0.25) is 5.02 Å². The predicted octanol–water partition coefficient (Wildman–Crippen LogP) is 3.34. The molecule has 0 aliphatic rings. The molecule has 1 aromatic carbocycles. The number of carbonyl (C=O) groups excluding carboxylic acids is 3. The van der Waals surface area contributed by atoms with Gasteiger partial charge in [-0.1, -0.05) is 17.7 Å². The highest BCUT2D eigenvalue weighted by Crippen LogP contribution is 2.23. The molecule has 2 rings (SSSR count). The molecule has 25 heavy (non-hydrogen) atoms. The lowest BCUT2D eigenvalue weighted by molar-refractivity contribution is -0.116. The van der Waals surface area contributed by atoms with Crippen LogP contribution in [-0.4, -0.2) is 31.4 Å². The molecule has 0 radical (unpaired) electrons. The molecule has 2 aromatic rings. The smallest absolute Gasteiger partial charge is 0.337 e. The number of hydrogen-bond acceptors (Lipinski definition) is 5. The molecule has 0 aliphatic heterocycles. The summed E-state index contributed by atoms with van der Waals surface area (Å²) >= 11 is 7.39. The Morgan fingerprint density at radius 2 is 2.04 bits per heavy atom. The van der Waals surface area contributed by atoms with Crippen LogP contribution in [0.4, 0.5) is 5.69 Å². The molecule has 0 atom stereocenters. The lowest BCUT2D eigenvalue weighted by atomic mass is 10.2. The number of nitrogens with one attached hydrogen (secondary N) is 2. The molecule has 132 valence electrons. The van der Waals surface area contributed by atoms with Gasteiger partial charge in [-0.05, 0) is 36.1 Å². The van der Waals surface area contributed by atoms with Gasteiger partial charge in [0.2, 0.25) is 5.91 Å². The van der Waals surface area contributed by atoms with E-state index in [2.05, 4.69) is 15.4 Å². The van der Waals surface area contributed by atoms with Crippen molar-refractivity contribution in [2.45, 2.75) is 12.8 Å². The summed E-state index contributed by atoms with van der Waals surface area (Å²) in [5.74, 6) is -0.915. The number of ether oxygens (including phenoxy) is 1. The molecule has 0 spiro atoms. The summed E-state index contributed by atoms with van der Waals surface area (Å²) in [6.45, 7) is 0.389. The number of methoxy groups -OCH3 is 1. The van der Waals surface area contributed by atoms with E-state index in [1.54, 1.807) is 12.1 Å². The van der Waals surface area contributed by atoms with Gasteiger partial charge in [0.05, 0.1) is 28.3 Å². The van der Waals surface area contributed by atoms with Crippen molar-refractivity contribution in [3.05, 3.63) is 51.2 Å². The van der Waals surface area contributed by atoms with E-state index in [-0.39, 0.29) is 18.2 Å². The molecule has 0 unspecified atom stereocenters. The van der Waals surface area contributed by atoms with E-state index < -0.39 is 5.97 Å². The van der Waals surface area contributed by atoms with Gasteiger partial charge < -0.3 is 15.4 Å². The summed E-state index contributed by atoms with van der Waals surface area (Å²) in [7, 11) is 1.28. The van der Waals surface area contributed by atoms with E-state index in [1.807, 2.05) is 5.38 Å². The predicted molar refractivity (Wildman–Crippen MR) is 97.3 cm³/mol. The topological polar surface area (TPSA) is 84.5 Å². The summed E-state index contributed by atoms with van der Waals surface area (Å²) in [5.41, 5.74) is 0.641. The minimum atomic E-state index is -0.511. The Kier molecular flexibility index (Phi) is 6.97. The normalized spacial score (nSPS) is 10.2. The number of carbonyl (C=O) groups is 3. The van der Waals surface area contributed by atoms with Gasteiger partial charge in [-0.25, -0.2) is 4.79 Å². The highest BCUT2D eigenvalue weighted by molar-refractivity contribution is 7.12. The molecule has 0 aliphatic carbocycles. The fourth-order valence-corrected chi connectivity index (χ4v) is 2.83. The third-order valence-electron chi connectivity index (χ3n) is 3.27. The first kappa shape index (κ1) is 19.0. The Balaban J connectivity index is 1.80. The molecular weight excluding hydrogens is 364 g/mol. The van der Waals surface area contributed by atoms with Gasteiger partial charge in [-0.2, -0.15) is 0 Å². The van der Waals surface area contributed by atoms with Crippen molar-refractivity contribution in [2.24, 2.45) is 0 Å². The van der Waals surface area contributed by atoms with Crippen LogP contribution in [0.3, 0.4) is 0 Å². The SMILES string of the molecule is COC(=O)c1ccc(Cl)c(NC(=O)CCCNC(=O)c2cccs2)c1. The molecule has 8 heteroatoms. The van der Waals surface area contributed by atoms with E-state index in [1.165, 1.54) is 36.6 Å². The molecule has 1 aromatic heterocycles. The van der Waals surface area contributed by atoms with Crippen LogP contribution < -0.4 is 10.6 Å². The zero-order valence-corrected chi connectivity index (χ0v) is 15.1. The standard InChI is InChI=1S/C17H17ClN2O4S/c1-24-17(23)11-6-7-12(18)13(10-11)20-15(21)5-2-8-19-16(22)14-4-3-9-25-14/h3-4,6-7,9-10H,2,5,8H2,1H3,(H,19,22)(H,20,21). The second-order valence-corrected chi connectivity index (χ2v) is 6.43. The summed E-state index contributed by atoms with van der Waals surface area (Å²) in [4.78, 5) is 35.9. The Labute approximate surface area is 154 Å². The molecule has 0 saturated carbocycles. The van der Waals surface area contributed by atoms with Gasteiger partial charge in [0, 0.05) is 13.0 Å². The van der Waals surface area contributed by atoms with E-state index in [9.17, 15) is 14.4 Å². The van der Waals surface area contributed by atoms with Crippen LogP contribution in [0.25, 0.3) is 0 Å². The van der Waals surface area contributed by atoms with Crippen LogP contribution in [0.5, 0.6) is 0 Å². The lowest BCUT2D eigenvalue weighted by Crippen LogP contribution is -2.24. The fourth-order valence-electron chi connectivity index (χ4n) is 2.02. The summed E-state index contributed by atoms with van der Waals surface area (Å²) in [6, 6.07) is 8.04. The quantitative estimate of drug-likeness (QED) is 0.570. The maximum Gasteiger partial charge on any atom is 0.337 e. The first-order chi connectivity index (χ1) is 12.0. The average Bonchev–Trinajstić information content (AvgIpc) is 3.14. The number of thiophene rings is 1. The minimum absolute atomic E-state index is 0.149. The van der Waals surface area contributed by atoms with Crippen LogP contribution in [0.1, 0.15) is 32.9 Å². The molecule has 0 saturated heterocycles. The van der Waals surface area contributed by atoms with Crippen molar-refractivity contribution in [2.75, 3.05) is 19.0 Å². The Hall–Kier alpha value is -2.38. The largest absolute Gasteiger partial charge is 0.465 e. The number of anilines is 1. The summed E-state index contributed by atoms with van der Waals surface area (Å²) in [5, 5.41) is 7.56.